The van der Waals surface area contributed by atoms with Gasteiger partial charge in [0.15, 0.2) is 0 Å². The Kier molecular flexibility index (Phi) is 4.24. The van der Waals surface area contributed by atoms with Crippen LogP contribution in [0.5, 0.6) is 5.75 Å². The second-order valence-electron chi connectivity index (χ2n) is 4.46. The lowest BCUT2D eigenvalue weighted by Crippen LogP contribution is -2.14. The number of rotatable bonds is 5. The topological polar surface area (TPSA) is 77.8 Å². The van der Waals surface area contributed by atoms with Crippen molar-refractivity contribution in [3.8, 4) is 17.0 Å². The molecular formula is C15H14N4O3S. The van der Waals surface area contributed by atoms with Gasteiger partial charge in [0, 0.05) is 10.9 Å². The molecule has 2 heterocycles. The first-order valence-electron chi connectivity index (χ1n) is 6.75. The molecule has 118 valence electrons. The van der Waals surface area contributed by atoms with E-state index in [4.69, 9.17) is 9.47 Å². The minimum Gasteiger partial charge on any atom is -0.496 e. The number of carbonyl (C=O) groups is 1. The van der Waals surface area contributed by atoms with E-state index in [2.05, 4.69) is 22.0 Å². The molecule has 1 aromatic carbocycles. The van der Waals surface area contributed by atoms with E-state index in [0.29, 0.717) is 4.96 Å². The summed E-state index contributed by atoms with van der Waals surface area (Å²) in [6, 6.07) is 7.63. The summed E-state index contributed by atoms with van der Waals surface area (Å²) < 4.78 is 11.9. The number of hydrogen-bond donors (Lipinski definition) is 1. The second kappa shape index (κ2) is 6.49. The number of anilines is 1. The zero-order valence-corrected chi connectivity index (χ0v) is 13.2. The molecule has 2 aromatic heterocycles. The van der Waals surface area contributed by atoms with Crippen LogP contribution in [0, 0.1) is 0 Å². The number of thiazole rings is 1. The van der Waals surface area contributed by atoms with Gasteiger partial charge in [-0.2, -0.15) is 4.98 Å². The third-order valence-corrected chi connectivity index (χ3v) is 3.83. The predicted octanol–water partition coefficient (Wildman–Crippen LogP) is 3.20. The van der Waals surface area contributed by atoms with Crippen LogP contribution in [0.25, 0.3) is 16.2 Å². The molecule has 1 amide bonds. The highest BCUT2D eigenvalue weighted by Crippen LogP contribution is 2.32. The van der Waals surface area contributed by atoms with E-state index in [1.165, 1.54) is 17.4 Å². The summed E-state index contributed by atoms with van der Waals surface area (Å²) in [6.07, 6.45) is 0.862. The Balaban J connectivity index is 1.92. The van der Waals surface area contributed by atoms with Crippen LogP contribution in [0.1, 0.15) is 0 Å². The van der Waals surface area contributed by atoms with Crippen molar-refractivity contribution in [2.75, 3.05) is 19.0 Å². The van der Waals surface area contributed by atoms with E-state index >= 15 is 0 Å². The smallest absolute Gasteiger partial charge is 0.414 e. The second-order valence-corrected chi connectivity index (χ2v) is 5.30. The van der Waals surface area contributed by atoms with E-state index in [9.17, 15) is 4.79 Å². The molecule has 0 aliphatic heterocycles. The van der Waals surface area contributed by atoms with Crippen molar-refractivity contribution < 1.29 is 14.3 Å². The SMILES string of the molecule is C=CCOC(=O)Nc1nc2scc(-c3ccccc3OC)n2n1. The van der Waals surface area contributed by atoms with Gasteiger partial charge in [-0.1, -0.05) is 24.8 Å². The zero-order chi connectivity index (χ0) is 16.2. The van der Waals surface area contributed by atoms with Gasteiger partial charge in [0.25, 0.3) is 5.95 Å². The Morgan fingerprint density at radius 3 is 3.09 bits per heavy atom. The summed E-state index contributed by atoms with van der Waals surface area (Å²) in [4.78, 5) is 16.4. The van der Waals surface area contributed by atoms with E-state index in [1.807, 2.05) is 29.6 Å². The van der Waals surface area contributed by atoms with E-state index in [-0.39, 0.29) is 12.6 Å². The summed E-state index contributed by atoms with van der Waals surface area (Å²) in [6.45, 7) is 3.60. The molecule has 0 aliphatic rings. The molecule has 0 radical (unpaired) electrons. The first-order valence-corrected chi connectivity index (χ1v) is 7.63. The number of hydrogen-bond acceptors (Lipinski definition) is 6. The van der Waals surface area contributed by atoms with Crippen LogP contribution in [0.2, 0.25) is 0 Å². The third-order valence-electron chi connectivity index (χ3n) is 3.01. The van der Waals surface area contributed by atoms with Gasteiger partial charge in [-0.3, -0.25) is 5.32 Å². The van der Waals surface area contributed by atoms with Gasteiger partial charge in [-0.15, -0.1) is 16.4 Å². The molecule has 0 fully saturated rings. The molecule has 0 spiro atoms. The molecule has 0 unspecified atom stereocenters. The maximum Gasteiger partial charge on any atom is 0.414 e. The van der Waals surface area contributed by atoms with E-state index in [0.717, 1.165) is 17.0 Å². The number of ether oxygens (including phenoxy) is 2. The summed E-state index contributed by atoms with van der Waals surface area (Å²) in [5.41, 5.74) is 1.73. The van der Waals surface area contributed by atoms with Gasteiger partial charge < -0.3 is 9.47 Å². The van der Waals surface area contributed by atoms with Crippen molar-refractivity contribution in [3.05, 3.63) is 42.3 Å². The van der Waals surface area contributed by atoms with Gasteiger partial charge >= 0.3 is 6.09 Å². The average molecular weight is 330 g/mol. The molecular weight excluding hydrogens is 316 g/mol. The van der Waals surface area contributed by atoms with Crippen molar-refractivity contribution in [1.29, 1.82) is 0 Å². The zero-order valence-electron chi connectivity index (χ0n) is 12.4. The van der Waals surface area contributed by atoms with Crippen LogP contribution in [-0.2, 0) is 4.74 Å². The van der Waals surface area contributed by atoms with Crippen molar-refractivity contribution >= 4 is 28.3 Å². The molecule has 23 heavy (non-hydrogen) atoms. The van der Waals surface area contributed by atoms with Gasteiger partial charge in [0.2, 0.25) is 4.96 Å². The van der Waals surface area contributed by atoms with E-state index < -0.39 is 6.09 Å². The number of nitrogens with zero attached hydrogens (tertiary/aromatic N) is 3. The number of aromatic nitrogens is 3. The Hall–Kier alpha value is -2.87. The first kappa shape index (κ1) is 15.0. The monoisotopic (exact) mass is 330 g/mol. The molecule has 0 saturated heterocycles. The minimum atomic E-state index is -0.623. The highest BCUT2D eigenvalue weighted by molar-refractivity contribution is 7.15. The molecule has 7 nitrogen and oxygen atoms in total. The van der Waals surface area contributed by atoms with Crippen molar-refractivity contribution in [1.82, 2.24) is 14.6 Å². The molecule has 0 atom stereocenters. The fourth-order valence-electron chi connectivity index (χ4n) is 2.04. The van der Waals surface area contributed by atoms with Crippen LogP contribution in [0.3, 0.4) is 0 Å². The molecule has 3 aromatic rings. The molecule has 0 aliphatic carbocycles. The standard InChI is InChI=1S/C15H14N4O3S/c1-3-8-22-15(20)17-13-16-14-19(18-13)11(9-23-14)10-6-4-5-7-12(10)21-2/h3-7,9H,1,8H2,2H3,(H,17,18,20). The Morgan fingerprint density at radius 2 is 2.30 bits per heavy atom. The fraction of sp³-hybridized carbons (Fsp3) is 0.133. The highest BCUT2D eigenvalue weighted by Gasteiger charge is 2.15. The van der Waals surface area contributed by atoms with E-state index in [1.54, 1.807) is 11.6 Å². The number of para-hydroxylation sites is 1. The lowest BCUT2D eigenvalue weighted by Gasteiger charge is -2.06. The minimum absolute atomic E-state index is 0.126. The fourth-order valence-corrected chi connectivity index (χ4v) is 2.86. The maximum absolute atomic E-state index is 11.5. The van der Waals surface area contributed by atoms with Crippen LogP contribution in [0.4, 0.5) is 10.7 Å². The highest BCUT2D eigenvalue weighted by atomic mass is 32.1. The van der Waals surface area contributed by atoms with Gasteiger partial charge in [-0.25, -0.2) is 9.31 Å². The van der Waals surface area contributed by atoms with Crippen LogP contribution in [0.15, 0.2) is 42.3 Å². The Labute approximate surface area is 136 Å². The summed E-state index contributed by atoms with van der Waals surface area (Å²) in [5, 5.41) is 8.72. The summed E-state index contributed by atoms with van der Waals surface area (Å²) >= 11 is 1.42. The maximum atomic E-state index is 11.5. The Morgan fingerprint density at radius 1 is 1.48 bits per heavy atom. The summed E-state index contributed by atoms with van der Waals surface area (Å²) in [7, 11) is 1.62. The van der Waals surface area contributed by atoms with Crippen LogP contribution in [-0.4, -0.2) is 34.4 Å². The first-order chi connectivity index (χ1) is 11.2. The number of methoxy groups -OCH3 is 1. The largest absolute Gasteiger partial charge is 0.496 e. The van der Waals surface area contributed by atoms with Crippen LogP contribution < -0.4 is 10.1 Å². The molecule has 0 saturated carbocycles. The Bertz CT molecular complexity index is 855. The third kappa shape index (κ3) is 3.02. The average Bonchev–Trinajstić information content (AvgIpc) is 3.12. The van der Waals surface area contributed by atoms with Crippen molar-refractivity contribution in [2.24, 2.45) is 0 Å². The number of carbonyl (C=O) groups excluding carboxylic acids is 1. The normalized spacial score (nSPS) is 10.5. The lowest BCUT2D eigenvalue weighted by molar-refractivity contribution is 0.174. The van der Waals surface area contributed by atoms with Gasteiger partial charge in [0.05, 0.1) is 12.8 Å². The summed E-state index contributed by atoms with van der Waals surface area (Å²) in [5.74, 6) is 0.921. The quantitative estimate of drug-likeness (QED) is 0.727. The van der Waals surface area contributed by atoms with Gasteiger partial charge in [-0.05, 0) is 12.1 Å². The number of amides is 1. The predicted molar refractivity (Wildman–Crippen MR) is 88.0 cm³/mol. The number of fused-ring (bicyclic) bond motifs is 1. The van der Waals surface area contributed by atoms with Crippen molar-refractivity contribution in [3.63, 3.8) is 0 Å². The molecule has 1 N–H and O–H groups in total. The van der Waals surface area contributed by atoms with Gasteiger partial charge in [0.1, 0.15) is 12.4 Å². The van der Waals surface area contributed by atoms with Crippen LogP contribution >= 0.6 is 11.3 Å². The lowest BCUT2D eigenvalue weighted by atomic mass is 10.1. The number of nitrogens with one attached hydrogen (secondary N) is 1. The number of benzene rings is 1. The van der Waals surface area contributed by atoms with Crippen molar-refractivity contribution in [2.45, 2.75) is 0 Å². The molecule has 3 rings (SSSR count). The molecule has 0 bridgehead atoms. The molecule has 8 heteroatoms.